The summed E-state index contributed by atoms with van der Waals surface area (Å²) in [6, 6.07) is 19.0. The number of halogens is 4. The van der Waals surface area contributed by atoms with E-state index in [9.17, 15) is 18.0 Å². The number of rotatable bonds is 8. The molecule has 2 aromatic carbocycles. The number of hydrogen-bond donors (Lipinski definition) is 1. The molecule has 3 rings (SSSR count). The number of aryl methyl sites for hydroxylation is 1. The predicted molar refractivity (Wildman–Crippen MR) is 120 cm³/mol. The molecule has 32 heavy (non-hydrogen) atoms. The van der Waals surface area contributed by atoms with Crippen molar-refractivity contribution < 1.29 is 18.0 Å². The van der Waals surface area contributed by atoms with Crippen LogP contribution in [0, 0.1) is 0 Å². The van der Waals surface area contributed by atoms with Crippen LogP contribution in [0.1, 0.15) is 29.2 Å². The summed E-state index contributed by atoms with van der Waals surface area (Å²) in [6.45, 7) is 0.446. The lowest BCUT2D eigenvalue weighted by Crippen LogP contribution is -2.40. The lowest BCUT2D eigenvalue weighted by molar-refractivity contribution is -0.137. The van der Waals surface area contributed by atoms with Gasteiger partial charge in [-0.3, -0.25) is 4.79 Å². The minimum Gasteiger partial charge on any atom is -0.357 e. The topological polar surface area (TPSA) is 45.2 Å². The Morgan fingerprint density at radius 1 is 1.03 bits per heavy atom. The molecule has 8 heteroatoms. The van der Waals surface area contributed by atoms with Crippen LogP contribution in [0.3, 0.4) is 0 Å². The molecule has 1 N–H and O–H groups in total. The van der Waals surface area contributed by atoms with Gasteiger partial charge in [0, 0.05) is 13.6 Å². The van der Waals surface area contributed by atoms with E-state index in [-0.39, 0.29) is 5.91 Å². The zero-order valence-corrected chi connectivity index (χ0v) is 18.2. The van der Waals surface area contributed by atoms with Crippen LogP contribution in [0.4, 0.5) is 19.0 Å². The highest BCUT2D eigenvalue weighted by Crippen LogP contribution is 2.30. The van der Waals surface area contributed by atoms with Crippen LogP contribution in [0.15, 0.2) is 72.8 Å². The Labute approximate surface area is 190 Å². The van der Waals surface area contributed by atoms with E-state index in [0.29, 0.717) is 30.4 Å². The number of likely N-dealkylation sites (N-methyl/N-ethyl adjacent to an activating group) is 1. The Kier molecular flexibility index (Phi) is 7.75. The number of carbonyl (C=O) groups is 1. The van der Waals surface area contributed by atoms with Gasteiger partial charge in [-0.2, -0.15) is 13.2 Å². The summed E-state index contributed by atoms with van der Waals surface area (Å²) in [5.74, 6) is 0.342. The summed E-state index contributed by atoms with van der Waals surface area (Å²) in [7, 11) is 1.57. The van der Waals surface area contributed by atoms with Crippen molar-refractivity contribution >= 4 is 23.3 Å². The molecule has 0 aliphatic carbocycles. The summed E-state index contributed by atoms with van der Waals surface area (Å²) in [6.07, 6.45) is -3.21. The van der Waals surface area contributed by atoms with E-state index in [2.05, 4.69) is 10.3 Å². The molecule has 3 aromatic rings. The Balaban J connectivity index is 1.84. The smallest absolute Gasteiger partial charge is 0.357 e. The first-order valence-electron chi connectivity index (χ1n) is 10.1. The van der Waals surface area contributed by atoms with Crippen molar-refractivity contribution in [1.29, 1.82) is 0 Å². The van der Waals surface area contributed by atoms with Gasteiger partial charge in [0.2, 0.25) is 5.91 Å². The van der Waals surface area contributed by atoms with Gasteiger partial charge in [-0.05, 0) is 48.2 Å². The first kappa shape index (κ1) is 23.6. The van der Waals surface area contributed by atoms with Crippen LogP contribution in [0.25, 0.3) is 0 Å². The minimum absolute atomic E-state index is 0.201. The van der Waals surface area contributed by atoms with Crippen LogP contribution in [-0.2, 0) is 17.4 Å². The average Bonchev–Trinajstić information content (AvgIpc) is 2.78. The van der Waals surface area contributed by atoms with Crippen molar-refractivity contribution in [3.63, 3.8) is 0 Å². The maximum Gasteiger partial charge on any atom is 0.416 e. The number of hydrogen-bond acceptors (Lipinski definition) is 3. The molecule has 1 atom stereocenters. The molecule has 0 fully saturated rings. The zero-order valence-electron chi connectivity index (χ0n) is 17.4. The number of pyridine rings is 1. The van der Waals surface area contributed by atoms with Crippen LogP contribution >= 0.6 is 11.6 Å². The van der Waals surface area contributed by atoms with Gasteiger partial charge in [-0.25, -0.2) is 4.98 Å². The number of anilines is 1. The van der Waals surface area contributed by atoms with Crippen molar-refractivity contribution in [1.82, 2.24) is 10.3 Å². The second-order valence-corrected chi connectivity index (χ2v) is 7.62. The molecule has 0 aliphatic rings. The molecule has 1 unspecified atom stereocenters. The third-order valence-electron chi connectivity index (χ3n) is 5.06. The van der Waals surface area contributed by atoms with Crippen molar-refractivity contribution in [2.45, 2.75) is 25.1 Å². The van der Waals surface area contributed by atoms with Gasteiger partial charge in [0.05, 0.1) is 5.56 Å². The monoisotopic (exact) mass is 461 g/mol. The number of alkyl halides is 3. The highest BCUT2D eigenvalue weighted by Gasteiger charge is 2.30. The van der Waals surface area contributed by atoms with E-state index >= 15 is 0 Å². The summed E-state index contributed by atoms with van der Waals surface area (Å²) < 4.78 is 38.4. The van der Waals surface area contributed by atoms with E-state index in [1.807, 2.05) is 35.2 Å². The zero-order chi connectivity index (χ0) is 23.1. The molecule has 0 bridgehead atoms. The van der Waals surface area contributed by atoms with Crippen LogP contribution in [0.2, 0.25) is 5.15 Å². The maximum atomic E-state index is 12.9. The molecular weight excluding hydrogens is 439 g/mol. The third-order valence-corrected chi connectivity index (χ3v) is 5.27. The Bertz CT molecular complexity index is 1030. The highest BCUT2D eigenvalue weighted by atomic mass is 35.5. The van der Waals surface area contributed by atoms with Crippen molar-refractivity contribution in [2.75, 3.05) is 18.5 Å². The quantitative estimate of drug-likeness (QED) is 0.439. The number of nitrogens with zero attached hydrogens (tertiary/aromatic N) is 2. The van der Waals surface area contributed by atoms with Gasteiger partial charge in [-0.1, -0.05) is 60.1 Å². The van der Waals surface area contributed by atoms with Crippen LogP contribution < -0.4 is 10.2 Å². The fourth-order valence-corrected chi connectivity index (χ4v) is 3.65. The molecule has 1 aromatic heterocycles. The van der Waals surface area contributed by atoms with E-state index in [4.69, 9.17) is 11.6 Å². The van der Waals surface area contributed by atoms with Crippen LogP contribution in [-0.4, -0.2) is 24.5 Å². The summed E-state index contributed by atoms with van der Waals surface area (Å²) in [5.41, 5.74) is 0.908. The predicted octanol–water partition coefficient (Wildman–Crippen LogP) is 5.68. The minimum atomic E-state index is -4.36. The number of nitrogens with one attached hydrogen (secondary N) is 1. The number of amides is 1. The number of benzene rings is 2. The second-order valence-electron chi connectivity index (χ2n) is 7.24. The van der Waals surface area contributed by atoms with E-state index in [1.54, 1.807) is 25.2 Å². The van der Waals surface area contributed by atoms with Crippen molar-refractivity contribution in [3.05, 3.63) is 94.6 Å². The fraction of sp³-hybridized carbons (Fsp3) is 0.250. The SMILES string of the molecule is CNC(=O)C(c1ccccc1)N(CCCc1ccc(C(F)(F)F)cc1)c1cccc(Cl)n1. The van der Waals surface area contributed by atoms with Crippen molar-refractivity contribution in [3.8, 4) is 0 Å². The molecule has 0 aliphatic heterocycles. The summed E-state index contributed by atoms with van der Waals surface area (Å²) >= 11 is 6.10. The molecule has 168 valence electrons. The van der Waals surface area contributed by atoms with E-state index < -0.39 is 17.8 Å². The molecule has 0 spiro atoms. The first-order chi connectivity index (χ1) is 15.3. The number of carbonyl (C=O) groups excluding carboxylic acids is 1. The first-order valence-corrected chi connectivity index (χ1v) is 10.5. The van der Waals surface area contributed by atoms with E-state index in [0.717, 1.165) is 23.3 Å². The largest absolute Gasteiger partial charge is 0.416 e. The molecule has 1 amide bonds. The van der Waals surface area contributed by atoms with Gasteiger partial charge in [0.25, 0.3) is 0 Å². The standard InChI is InChI=1S/C24H23ClF3N3O/c1-29-23(32)22(18-8-3-2-4-9-18)31(21-11-5-10-20(25)30-21)16-6-7-17-12-14-19(15-13-17)24(26,27)28/h2-5,8-15,22H,6-7,16H2,1H3,(H,29,32). The molecular formula is C24H23ClF3N3O. The average molecular weight is 462 g/mol. The van der Waals surface area contributed by atoms with Gasteiger partial charge < -0.3 is 10.2 Å². The van der Waals surface area contributed by atoms with Crippen LogP contribution in [0.5, 0.6) is 0 Å². The van der Waals surface area contributed by atoms with Gasteiger partial charge in [-0.15, -0.1) is 0 Å². The van der Waals surface area contributed by atoms with Gasteiger partial charge in [0.1, 0.15) is 17.0 Å². The normalized spacial score (nSPS) is 12.3. The maximum absolute atomic E-state index is 12.9. The fourth-order valence-electron chi connectivity index (χ4n) is 3.49. The molecule has 0 radical (unpaired) electrons. The number of aromatic nitrogens is 1. The highest BCUT2D eigenvalue weighted by molar-refractivity contribution is 6.29. The second kappa shape index (κ2) is 10.5. The summed E-state index contributed by atoms with van der Waals surface area (Å²) in [4.78, 5) is 19.1. The Hall–Kier alpha value is -3.06. The third kappa shape index (κ3) is 6.01. The van der Waals surface area contributed by atoms with Crippen molar-refractivity contribution in [2.24, 2.45) is 0 Å². The molecule has 0 saturated carbocycles. The molecule has 0 saturated heterocycles. The Morgan fingerprint density at radius 3 is 2.31 bits per heavy atom. The molecule has 1 heterocycles. The Morgan fingerprint density at radius 2 is 1.72 bits per heavy atom. The summed E-state index contributed by atoms with van der Waals surface area (Å²) in [5, 5.41) is 3.01. The van der Waals surface area contributed by atoms with E-state index in [1.165, 1.54) is 12.1 Å². The van der Waals surface area contributed by atoms with Gasteiger partial charge >= 0.3 is 6.18 Å². The lowest BCUT2D eigenvalue weighted by Gasteiger charge is -2.32. The lowest BCUT2D eigenvalue weighted by atomic mass is 10.0. The van der Waals surface area contributed by atoms with Gasteiger partial charge in [0.15, 0.2) is 0 Å². The molecule has 4 nitrogen and oxygen atoms in total.